The first-order chi connectivity index (χ1) is 10.3. The highest BCUT2D eigenvalue weighted by Gasteiger charge is 2.09. The fourth-order valence-corrected chi connectivity index (χ4v) is 2.77. The van der Waals surface area contributed by atoms with Gasteiger partial charge in [0.1, 0.15) is 5.75 Å². The number of aliphatic hydroxyl groups is 1. The smallest absolute Gasteiger partial charge is 0.119 e. The number of rotatable bonds is 8. The summed E-state index contributed by atoms with van der Waals surface area (Å²) in [6.07, 6.45) is 5.26. The summed E-state index contributed by atoms with van der Waals surface area (Å²) in [5.41, 5.74) is 6.35. The molecule has 1 aliphatic heterocycles. The molecule has 1 atom stereocenters. The van der Waals surface area contributed by atoms with Gasteiger partial charge in [0, 0.05) is 6.54 Å². The molecular formula is C17H28N2O2. The Kier molecular flexibility index (Phi) is 7.00. The zero-order valence-corrected chi connectivity index (χ0v) is 12.8. The highest BCUT2D eigenvalue weighted by molar-refractivity contribution is 5.28. The molecule has 21 heavy (non-hydrogen) atoms. The van der Waals surface area contributed by atoms with Gasteiger partial charge in [-0.05, 0) is 63.0 Å². The van der Waals surface area contributed by atoms with E-state index < -0.39 is 6.10 Å². The van der Waals surface area contributed by atoms with Crippen molar-refractivity contribution < 1.29 is 9.84 Å². The molecule has 1 heterocycles. The second kappa shape index (κ2) is 9.03. The molecule has 1 fully saturated rings. The summed E-state index contributed by atoms with van der Waals surface area (Å²) in [7, 11) is 0. The predicted octanol–water partition coefficient (Wildman–Crippen LogP) is 2.32. The van der Waals surface area contributed by atoms with E-state index >= 15 is 0 Å². The number of hydrogen-bond acceptors (Lipinski definition) is 4. The molecule has 0 amide bonds. The normalized spacial score (nSPS) is 17.6. The summed E-state index contributed by atoms with van der Waals surface area (Å²) in [6, 6.07) is 7.69. The molecule has 0 radical (unpaired) electrons. The van der Waals surface area contributed by atoms with Gasteiger partial charge in [-0.1, -0.05) is 18.6 Å². The summed E-state index contributed by atoms with van der Waals surface area (Å²) in [4.78, 5) is 2.53. The van der Waals surface area contributed by atoms with Crippen LogP contribution in [-0.4, -0.2) is 42.8 Å². The molecule has 3 N–H and O–H groups in total. The van der Waals surface area contributed by atoms with Crippen molar-refractivity contribution in [1.82, 2.24) is 4.90 Å². The maximum absolute atomic E-state index is 9.84. The largest absolute Gasteiger partial charge is 0.494 e. The molecule has 0 aliphatic carbocycles. The molecule has 1 aliphatic rings. The number of likely N-dealkylation sites (tertiary alicyclic amines) is 1. The fraction of sp³-hybridized carbons (Fsp3) is 0.647. The van der Waals surface area contributed by atoms with Crippen molar-refractivity contribution >= 4 is 0 Å². The number of aliphatic hydroxyl groups excluding tert-OH is 1. The Hall–Kier alpha value is -1.10. The first kappa shape index (κ1) is 16.3. The first-order valence-electron chi connectivity index (χ1n) is 8.13. The molecule has 0 bridgehead atoms. The molecule has 4 heteroatoms. The van der Waals surface area contributed by atoms with Gasteiger partial charge in [0.25, 0.3) is 0 Å². The van der Waals surface area contributed by atoms with E-state index in [1.807, 2.05) is 24.3 Å². The second-order valence-corrected chi connectivity index (χ2v) is 5.77. The van der Waals surface area contributed by atoms with Crippen molar-refractivity contribution in [3.63, 3.8) is 0 Å². The minimum atomic E-state index is -0.469. The van der Waals surface area contributed by atoms with Crippen LogP contribution in [0.4, 0.5) is 0 Å². The number of piperidine rings is 1. The third-order valence-corrected chi connectivity index (χ3v) is 4.04. The van der Waals surface area contributed by atoms with Gasteiger partial charge in [-0.25, -0.2) is 0 Å². The van der Waals surface area contributed by atoms with E-state index in [0.717, 1.165) is 30.9 Å². The molecule has 1 unspecified atom stereocenters. The van der Waals surface area contributed by atoms with Crippen LogP contribution < -0.4 is 10.5 Å². The lowest BCUT2D eigenvalue weighted by atomic mass is 10.1. The Morgan fingerprint density at radius 3 is 2.52 bits per heavy atom. The quantitative estimate of drug-likeness (QED) is 0.722. The van der Waals surface area contributed by atoms with Crippen LogP contribution in [0.15, 0.2) is 24.3 Å². The van der Waals surface area contributed by atoms with Gasteiger partial charge in [-0.3, -0.25) is 0 Å². The average Bonchev–Trinajstić information content (AvgIpc) is 2.53. The lowest BCUT2D eigenvalue weighted by Crippen LogP contribution is -2.31. The van der Waals surface area contributed by atoms with Crippen molar-refractivity contribution in [2.75, 3.05) is 32.8 Å². The molecule has 4 nitrogen and oxygen atoms in total. The van der Waals surface area contributed by atoms with E-state index in [9.17, 15) is 5.11 Å². The molecule has 0 spiro atoms. The van der Waals surface area contributed by atoms with E-state index in [-0.39, 0.29) is 0 Å². The van der Waals surface area contributed by atoms with E-state index in [0.29, 0.717) is 13.0 Å². The minimum Gasteiger partial charge on any atom is -0.494 e. The van der Waals surface area contributed by atoms with Gasteiger partial charge in [0.15, 0.2) is 0 Å². The Bertz CT molecular complexity index is 388. The predicted molar refractivity (Wildman–Crippen MR) is 85.5 cm³/mol. The van der Waals surface area contributed by atoms with Crippen LogP contribution in [-0.2, 0) is 0 Å². The van der Waals surface area contributed by atoms with Crippen LogP contribution in [0.25, 0.3) is 0 Å². The minimum absolute atomic E-state index is 0.469. The zero-order chi connectivity index (χ0) is 14.9. The van der Waals surface area contributed by atoms with Crippen LogP contribution >= 0.6 is 0 Å². The molecule has 0 saturated carbocycles. The van der Waals surface area contributed by atoms with E-state index in [4.69, 9.17) is 10.5 Å². The van der Waals surface area contributed by atoms with Crippen LogP contribution in [0.5, 0.6) is 5.75 Å². The number of benzene rings is 1. The van der Waals surface area contributed by atoms with E-state index in [1.54, 1.807) is 0 Å². The second-order valence-electron chi connectivity index (χ2n) is 5.77. The molecule has 1 aromatic rings. The van der Waals surface area contributed by atoms with Crippen LogP contribution in [0, 0.1) is 0 Å². The fourth-order valence-electron chi connectivity index (χ4n) is 2.77. The Morgan fingerprint density at radius 2 is 1.86 bits per heavy atom. The highest BCUT2D eigenvalue weighted by atomic mass is 16.5. The third-order valence-electron chi connectivity index (χ3n) is 4.04. The number of hydrogen-bond donors (Lipinski definition) is 2. The van der Waals surface area contributed by atoms with Gasteiger partial charge < -0.3 is 20.5 Å². The SMILES string of the molecule is NCCC(O)c1ccc(OCCCN2CCCCC2)cc1. The number of ether oxygens (including phenoxy) is 1. The van der Waals surface area contributed by atoms with Gasteiger partial charge in [-0.2, -0.15) is 0 Å². The molecule has 1 aromatic carbocycles. The Labute approximate surface area is 127 Å². The lowest BCUT2D eigenvalue weighted by molar-refractivity contribution is 0.170. The van der Waals surface area contributed by atoms with Crippen LogP contribution in [0.2, 0.25) is 0 Å². The maximum atomic E-state index is 9.84. The summed E-state index contributed by atoms with van der Waals surface area (Å²) >= 11 is 0. The Morgan fingerprint density at radius 1 is 1.14 bits per heavy atom. The summed E-state index contributed by atoms with van der Waals surface area (Å²) in [6.45, 7) is 4.87. The number of nitrogens with zero attached hydrogens (tertiary/aromatic N) is 1. The molecule has 0 aromatic heterocycles. The lowest BCUT2D eigenvalue weighted by Gasteiger charge is -2.26. The molecule has 1 saturated heterocycles. The standard InChI is InChI=1S/C17H28N2O2/c18-10-9-17(20)15-5-7-16(8-6-15)21-14-4-13-19-11-2-1-3-12-19/h5-8,17,20H,1-4,9-14,18H2. The van der Waals surface area contributed by atoms with Gasteiger partial charge in [0.2, 0.25) is 0 Å². The Balaban J connectivity index is 1.66. The van der Waals surface area contributed by atoms with E-state index in [2.05, 4.69) is 4.90 Å². The third kappa shape index (κ3) is 5.65. The summed E-state index contributed by atoms with van der Waals surface area (Å²) in [5.74, 6) is 0.873. The highest BCUT2D eigenvalue weighted by Crippen LogP contribution is 2.19. The van der Waals surface area contributed by atoms with Crippen LogP contribution in [0.1, 0.15) is 43.8 Å². The van der Waals surface area contributed by atoms with Gasteiger partial charge >= 0.3 is 0 Å². The molecule has 2 rings (SSSR count). The van der Waals surface area contributed by atoms with Crippen molar-refractivity contribution in [1.29, 1.82) is 0 Å². The van der Waals surface area contributed by atoms with Crippen LogP contribution in [0.3, 0.4) is 0 Å². The van der Waals surface area contributed by atoms with Gasteiger partial charge in [0.05, 0.1) is 12.7 Å². The maximum Gasteiger partial charge on any atom is 0.119 e. The zero-order valence-electron chi connectivity index (χ0n) is 12.8. The average molecular weight is 292 g/mol. The topological polar surface area (TPSA) is 58.7 Å². The van der Waals surface area contributed by atoms with E-state index in [1.165, 1.54) is 32.4 Å². The summed E-state index contributed by atoms with van der Waals surface area (Å²) in [5, 5.41) is 9.84. The van der Waals surface area contributed by atoms with Crippen molar-refractivity contribution in [3.05, 3.63) is 29.8 Å². The summed E-state index contributed by atoms with van der Waals surface area (Å²) < 4.78 is 5.76. The van der Waals surface area contributed by atoms with Gasteiger partial charge in [-0.15, -0.1) is 0 Å². The van der Waals surface area contributed by atoms with Crippen molar-refractivity contribution in [2.24, 2.45) is 5.73 Å². The van der Waals surface area contributed by atoms with Crippen molar-refractivity contribution in [2.45, 2.75) is 38.2 Å². The number of nitrogens with two attached hydrogens (primary N) is 1. The van der Waals surface area contributed by atoms with Crippen molar-refractivity contribution in [3.8, 4) is 5.75 Å². The molecular weight excluding hydrogens is 264 g/mol. The monoisotopic (exact) mass is 292 g/mol. The first-order valence-corrected chi connectivity index (χ1v) is 8.13. The molecule has 118 valence electrons.